The minimum atomic E-state index is -0.118. The average molecular weight is 249 g/mol. The highest BCUT2D eigenvalue weighted by molar-refractivity contribution is 5.97. The Balaban J connectivity index is 2.10. The van der Waals surface area contributed by atoms with Crippen LogP contribution >= 0.6 is 0 Å². The van der Waals surface area contributed by atoms with Crippen LogP contribution in [0.15, 0.2) is 18.2 Å². The molecule has 0 aliphatic carbocycles. The van der Waals surface area contributed by atoms with Crippen molar-refractivity contribution in [1.82, 2.24) is 4.90 Å². The maximum absolute atomic E-state index is 12.3. The summed E-state index contributed by atoms with van der Waals surface area (Å²) in [4.78, 5) is 14.0. The lowest BCUT2D eigenvalue weighted by Crippen LogP contribution is -2.39. The minimum absolute atomic E-state index is 0.0369. The molecule has 1 aromatic carbocycles. The van der Waals surface area contributed by atoms with E-state index >= 15 is 0 Å². The zero-order valence-electron chi connectivity index (χ0n) is 10.6. The number of hydrogen-bond acceptors (Lipinski definition) is 3. The van der Waals surface area contributed by atoms with Crippen LogP contribution in [0.4, 0.5) is 0 Å². The summed E-state index contributed by atoms with van der Waals surface area (Å²) >= 11 is 0. The van der Waals surface area contributed by atoms with Crippen molar-refractivity contribution in [2.75, 3.05) is 19.7 Å². The van der Waals surface area contributed by atoms with Crippen molar-refractivity contribution in [3.05, 3.63) is 29.3 Å². The van der Waals surface area contributed by atoms with E-state index in [1.165, 1.54) is 0 Å². The smallest absolute Gasteiger partial charge is 0.257 e. The standard InChI is InChI=1S/C14H19NO3/c1-10-2-3-13(17)12(8-10)14(18)15-6-4-11(9-16)5-7-15/h2-3,8,11,16-17H,4-7,9H2,1H3. The molecule has 0 radical (unpaired) electrons. The molecule has 0 aromatic heterocycles. The number of carbonyl (C=O) groups is 1. The average Bonchev–Trinajstić information content (AvgIpc) is 2.41. The summed E-state index contributed by atoms with van der Waals surface area (Å²) in [5.74, 6) is 0.225. The summed E-state index contributed by atoms with van der Waals surface area (Å²) in [5.41, 5.74) is 1.33. The first-order valence-corrected chi connectivity index (χ1v) is 6.31. The van der Waals surface area contributed by atoms with Crippen molar-refractivity contribution >= 4 is 5.91 Å². The third-order valence-corrected chi connectivity index (χ3v) is 3.54. The van der Waals surface area contributed by atoms with E-state index in [2.05, 4.69) is 0 Å². The first-order chi connectivity index (χ1) is 8.61. The van der Waals surface area contributed by atoms with E-state index in [1.807, 2.05) is 6.92 Å². The van der Waals surface area contributed by atoms with Crippen LogP contribution in [0.3, 0.4) is 0 Å². The zero-order chi connectivity index (χ0) is 13.1. The maximum Gasteiger partial charge on any atom is 0.257 e. The Kier molecular flexibility index (Phi) is 3.87. The normalized spacial score (nSPS) is 16.9. The van der Waals surface area contributed by atoms with Crippen molar-refractivity contribution in [3.63, 3.8) is 0 Å². The van der Waals surface area contributed by atoms with Crippen LogP contribution in [-0.4, -0.2) is 40.7 Å². The number of phenols is 1. The molecule has 0 spiro atoms. The van der Waals surface area contributed by atoms with Crippen LogP contribution in [-0.2, 0) is 0 Å². The summed E-state index contributed by atoms with van der Waals surface area (Å²) in [6, 6.07) is 5.06. The Labute approximate surface area is 107 Å². The molecule has 18 heavy (non-hydrogen) atoms. The first kappa shape index (κ1) is 12.9. The number of carbonyl (C=O) groups excluding carboxylic acids is 1. The monoisotopic (exact) mass is 249 g/mol. The summed E-state index contributed by atoms with van der Waals surface area (Å²) in [5, 5.41) is 18.8. The predicted octanol–water partition coefficient (Wildman–Crippen LogP) is 1.55. The summed E-state index contributed by atoms with van der Waals surface area (Å²) < 4.78 is 0. The second kappa shape index (κ2) is 5.40. The van der Waals surface area contributed by atoms with Gasteiger partial charge in [-0.05, 0) is 37.8 Å². The van der Waals surface area contributed by atoms with Crippen molar-refractivity contribution in [1.29, 1.82) is 0 Å². The molecule has 1 aliphatic rings. The number of aromatic hydroxyl groups is 1. The molecule has 0 atom stereocenters. The number of amides is 1. The van der Waals surface area contributed by atoms with E-state index in [-0.39, 0.29) is 18.3 Å². The number of benzene rings is 1. The number of aliphatic hydroxyl groups excluding tert-OH is 1. The van der Waals surface area contributed by atoms with Gasteiger partial charge in [-0.15, -0.1) is 0 Å². The van der Waals surface area contributed by atoms with Gasteiger partial charge in [-0.25, -0.2) is 0 Å². The van der Waals surface area contributed by atoms with Gasteiger partial charge in [-0.2, -0.15) is 0 Å². The highest BCUT2D eigenvalue weighted by Gasteiger charge is 2.24. The van der Waals surface area contributed by atoms with Crippen LogP contribution in [0, 0.1) is 12.8 Å². The number of aliphatic hydroxyl groups is 1. The molecule has 1 amide bonds. The number of piperidine rings is 1. The molecule has 0 unspecified atom stereocenters. The fourth-order valence-electron chi connectivity index (χ4n) is 2.31. The van der Waals surface area contributed by atoms with E-state index in [4.69, 9.17) is 5.11 Å². The van der Waals surface area contributed by atoms with E-state index in [0.717, 1.165) is 18.4 Å². The molecule has 1 aromatic rings. The third-order valence-electron chi connectivity index (χ3n) is 3.54. The van der Waals surface area contributed by atoms with Crippen LogP contribution in [0.1, 0.15) is 28.8 Å². The van der Waals surface area contributed by atoms with Crippen molar-refractivity contribution in [3.8, 4) is 5.75 Å². The fourth-order valence-corrected chi connectivity index (χ4v) is 2.31. The van der Waals surface area contributed by atoms with Crippen LogP contribution in [0.25, 0.3) is 0 Å². The molecule has 4 heteroatoms. The molecule has 2 rings (SSSR count). The number of likely N-dealkylation sites (tertiary alicyclic amines) is 1. The fraction of sp³-hybridized carbons (Fsp3) is 0.500. The van der Waals surface area contributed by atoms with Gasteiger partial charge in [-0.3, -0.25) is 4.79 Å². The Morgan fingerprint density at radius 3 is 2.67 bits per heavy atom. The Morgan fingerprint density at radius 1 is 1.39 bits per heavy atom. The van der Waals surface area contributed by atoms with E-state index in [0.29, 0.717) is 24.6 Å². The van der Waals surface area contributed by atoms with Gasteiger partial charge in [0.15, 0.2) is 0 Å². The van der Waals surface area contributed by atoms with Crippen molar-refractivity contribution < 1.29 is 15.0 Å². The van der Waals surface area contributed by atoms with Crippen LogP contribution in [0.5, 0.6) is 5.75 Å². The van der Waals surface area contributed by atoms with Gasteiger partial charge >= 0.3 is 0 Å². The molecular weight excluding hydrogens is 230 g/mol. The van der Waals surface area contributed by atoms with Gasteiger partial charge < -0.3 is 15.1 Å². The highest BCUT2D eigenvalue weighted by Crippen LogP contribution is 2.23. The number of aryl methyl sites for hydroxylation is 1. The lowest BCUT2D eigenvalue weighted by atomic mass is 9.97. The molecule has 1 saturated heterocycles. The molecule has 1 fully saturated rings. The lowest BCUT2D eigenvalue weighted by molar-refractivity contribution is 0.0648. The molecule has 2 N–H and O–H groups in total. The molecule has 0 bridgehead atoms. The second-order valence-electron chi connectivity index (χ2n) is 4.94. The van der Waals surface area contributed by atoms with Gasteiger partial charge in [-0.1, -0.05) is 11.6 Å². The number of hydrogen-bond donors (Lipinski definition) is 2. The number of phenolic OH excluding ortho intramolecular Hbond substituents is 1. The molecule has 0 saturated carbocycles. The second-order valence-corrected chi connectivity index (χ2v) is 4.94. The van der Waals surface area contributed by atoms with E-state index in [1.54, 1.807) is 23.1 Å². The number of rotatable bonds is 2. The largest absolute Gasteiger partial charge is 0.507 e. The quantitative estimate of drug-likeness (QED) is 0.836. The minimum Gasteiger partial charge on any atom is -0.507 e. The summed E-state index contributed by atoms with van der Waals surface area (Å²) in [6.45, 7) is 3.39. The SMILES string of the molecule is Cc1ccc(O)c(C(=O)N2CCC(CO)CC2)c1. The van der Waals surface area contributed by atoms with Gasteiger partial charge in [0.05, 0.1) is 5.56 Å². The van der Waals surface area contributed by atoms with Crippen molar-refractivity contribution in [2.24, 2.45) is 5.92 Å². The number of nitrogens with zero attached hydrogens (tertiary/aromatic N) is 1. The molecule has 4 nitrogen and oxygen atoms in total. The Bertz CT molecular complexity index is 437. The van der Waals surface area contributed by atoms with Crippen molar-refractivity contribution in [2.45, 2.75) is 19.8 Å². The van der Waals surface area contributed by atoms with Gasteiger partial charge in [0, 0.05) is 19.7 Å². The van der Waals surface area contributed by atoms with Gasteiger partial charge in [0.2, 0.25) is 0 Å². The predicted molar refractivity (Wildman–Crippen MR) is 68.6 cm³/mol. The maximum atomic E-state index is 12.3. The van der Waals surface area contributed by atoms with Crippen LogP contribution < -0.4 is 0 Å². The highest BCUT2D eigenvalue weighted by atomic mass is 16.3. The first-order valence-electron chi connectivity index (χ1n) is 6.31. The third kappa shape index (κ3) is 2.64. The zero-order valence-corrected chi connectivity index (χ0v) is 10.6. The van der Waals surface area contributed by atoms with E-state index < -0.39 is 0 Å². The van der Waals surface area contributed by atoms with Gasteiger partial charge in [0.1, 0.15) is 5.75 Å². The lowest BCUT2D eigenvalue weighted by Gasteiger charge is -2.31. The molecular formula is C14H19NO3. The Hall–Kier alpha value is -1.55. The molecule has 1 aliphatic heterocycles. The van der Waals surface area contributed by atoms with E-state index in [9.17, 15) is 9.90 Å². The topological polar surface area (TPSA) is 60.8 Å². The summed E-state index contributed by atoms with van der Waals surface area (Å²) in [6.07, 6.45) is 1.66. The Morgan fingerprint density at radius 2 is 2.06 bits per heavy atom. The molecule has 1 heterocycles. The van der Waals surface area contributed by atoms with Gasteiger partial charge in [0.25, 0.3) is 5.91 Å². The molecule has 98 valence electrons. The summed E-state index contributed by atoms with van der Waals surface area (Å²) in [7, 11) is 0. The van der Waals surface area contributed by atoms with Crippen LogP contribution in [0.2, 0.25) is 0 Å².